The van der Waals surface area contributed by atoms with Crippen molar-refractivity contribution in [2.24, 2.45) is 0 Å². The van der Waals surface area contributed by atoms with Crippen LogP contribution in [0.15, 0.2) is 89.3 Å². The topological polar surface area (TPSA) is 51.8 Å². The molecule has 4 nitrogen and oxygen atoms in total. The number of aromatic nitrogens is 3. The molecule has 9 aromatic rings. The highest BCUT2D eigenvalue weighted by Crippen LogP contribution is 2.37. The van der Waals surface area contributed by atoms with Crippen LogP contribution in [0.25, 0.3) is 89.5 Å². The summed E-state index contributed by atoms with van der Waals surface area (Å²) in [4.78, 5) is 15.7. The molecule has 0 saturated carbocycles. The number of rotatable bonds is 6. The molecular weight excluding hydrogens is 761 g/mol. The molecule has 290 valence electrons. The summed E-state index contributed by atoms with van der Waals surface area (Å²) < 4.78 is 7.35. The third kappa shape index (κ3) is 6.71. The van der Waals surface area contributed by atoms with E-state index < -0.39 is 0 Å². The minimum Gasteiger partial charge on any atom is -0.456 e. The highest BCUT2D eigenvalue weighted by Gasteiger charge is 2.30. The first-order chi connectivity index (χ1) is 30.5. The van der Waals surface area contributed by atoms with Gasteiger partial charge in [0.2, 0.25) is 0 Å². The van der Waals surface area contributed by atoms with Gasteiger partial charge in [-0.15, -0.1) is 21.9 Å². The Bertz CT molecular complexity index is 3380. The number of fused-ring (bicyclic) bond motifs is 3. The van der Waals surface area contributed by atoms with E-state index in [9.17, 15) is 0 Å². The third-order valence-corrected chi connectivity index (χ3v) is 15.4. The summed E-state index contributed by atoms with van der Waals surface area (Å²) in [6.45, 7) is 0. The molecule has 19 heteroatoms. The summed E-state index contributed by atoms with van der Waals surface area (Å²) in [6, 6.07) is 29.3. The number of hydrogen-bond donors (Lipinski definition) is 0. The Balaban J connectivity index is 1.34. The first-order valence-electron chi connectivity index (χ1n) is 22.6. The molecule has 0 aliphatic heterocycles. The number of furan rings is 1. The lowest BCUT2D eigenvalue weighted by atomic mass is 9.57. The van der Waals surface area contributed by atoms with Gasteiger partial charge in [-0.25, -0.2) is 15.0 Å². The second-order valence-corrected chi connectivity index (χ2v) is 18.4. The second kappa shape index (κ2) is 16.4. The van der Waals surface area contributed by atoms with Crippen LogP contribution < -0.4 is 81.9 Å². The molecule has 0 unspecified atom stereocenters. The molecule has 0 spiro atoms. The monoisotopic (exact) mass is 807 g/mol. The maximum absolute atomic E-state index is 7.35. The van der Waals surface area contributed by atoms with Crippen molar-refractivity contribution in [1.29, 1.82) is 0 Å². The van der Waals surface area contributed by atoms with Gasteiger partial charge >= 0.3 is 0 Å². The Morgan fingerprint density at radius 1 is 0.250 bits per heavy atom. The van der Waals surface area contributed by atoms with Gasteiger partial charge < -0.3 is 4.42 Å². The third-order valence-electron chi connectivity index (χ3n) is 15.4. The molecule has 0 radical (unpaired) electrons. The fourth-order valence-electron chi connectivity index (χ4n) is 10.4. The van der Waals surface area contributed by atoms with Crippen molar-refractivity contribution in [3.05, 3.63) is 84.9 Å². The van der Waals surface area contributed by atoms with E-state index in [0.29, 0.717) is 17.5 Å². The van der Waals surface area contributed by atoms with Crippen LogP contribution in [-0.2, 0) is 0 Å². The zero-order valence-electron chi connectivity index (χ0n) is 40.3. The zero-order valence-corrected chi connectivity index (χ0v) is 40.3. The Morgan fingerprint density at radius 3 is 1.14 bits per heavy atom. The maximum atomic E-state index is 7.35. The van der Waals surface area contributed by atoms with Crippen LogP contribution in [0, 0.1) is 0 Å². The van der Waals surface area contributed by atoms with Crippen molar-refractivity contribution >= 4 is 222 Å². The molecule has 7 aromatic carbocycles. The van der Waals surface area contributed by atoms with Crippen LogP contribution >= 0.6 is 0 Å². The summed E-state index contributed by atoms with van der Waals surface area (Å²) in [5.41, 5.74) is 31.3. The van der Waals surface area contributed by atoms with Gasteiger partial charge in [0.15, 0.2) is 17.5 Å². The van der Waals surface area contributed by atoms with E-state index in [2.05, 4.69) is 178 Å². The first kappa shape index (κ1) is 43.6. The van der Waals surface area contributed by atoms with Gasteiger partial charge in [0.25, 0.3) is 0 Å². The minimum absolute atomic E-state index is 0.652. The van der Waals surface area contributed by atoms with Crippen molar-refractivity contribution in [1.82, 2.24) is 15.0 Å². The molecule has 0 aliphatic carbocycles. The largest absolute Gasteiger partial charge is 0.456 e. The van der Waals surface area contributed by atoms with E-state index in [-0.39, 0.29) is 0 Å². The smallest absolute Gasteiger partial charge is 0.164 e. The van der Waals surface area contributed by atoms with Gasteiger partial charge in [0.05, 0.1) is 0 Å². The first-order valence-corrected chi connectivity index (χ1v) is 22.6. The Hall–Kier alpha value is -5.68. The summed E-state index contributed by atoms with van der Waals surface area (Å²) in [5.74, 6) is 1.99. The normalized spacial score (nSPS) is 11.4. The summed E-state index contributed by atoms with van der Waals surface area (Å²) in [7, 11) is 34.1. The average molecular weight is 805 g/mol. The van der Waals surface area contributed by atoms with E-state index in [0.717, 1.165) is 44.3 Å². The highest BCUT2D eigenvalue weighted by atomic mass is 16.3. The molecule has 64 heavy (non-hydrogen) atoms. The van der Waals surface area contributed by atoms with Crippen LogP contribution in [0.5, 0.6) is 0 Å². The Morgan fingerprint density at radius 2 is 0.594 bits per heavy atom. The van der Waals surface area contributed by atoms with Crippen molar-refractivity contribution in [3.8, 4) is 67.5 Å². The van der Waals surface area contributed by atoms with Gasteiger partial charge in [-0.1, -0.05) is 145 Å². The molecule has 0 fully saturated rings. The number of nitrogens with zero attached hydrogens (tertiary/aromatic N) is 3. The second-order valence-electron chi connectivity index (χ2n) is 18.4. The van der Waals surface area contributed by atoms with Gasteiger partial charge in [-0.05, 0) is 27.8 Å². The summed E-state index contributed by atoms with van der Waals surface area (Å²) >= 11 is 0. The maximum Gasteiger partial charge on any atom is 0.164 e. The van der Waals surface area contributed by atoms with Crippen LogP contribution in [-0.4, -0.2) is 133 Å². The van der Waals surface area contributed by atoms with E-state index in [1.54, 1.807) is 0 Å². The van der Waals surface area contributed by atoms with Gasteiger partial charge in [-0.3, -0.25) is 0 Å². The minimum atomic E-state index is 0.652. The van der Waals surface area contributed by atoms with E-state index in [1.165, 1.54) is 110 Å². The van der Waals surface area contributed by atoms with Gasteiger partial charge in [0, 0.05) is 33.0 Å². The lowest BCUT2D eigenvalue weighted by Gasteiger charge is -2.27. The van der Waals surface area contributed by atoms with Crippen LogP contribution in [0.2, 0.25) is 0 Å². The average Bonchev–Trinajstić information content (AvgIpc) is 3.71. The van der Waals surface area contributed by atoms with Crippen molar-refractivity contribution in [3.63, 3.8) is 0 Å². The molecule has 0 amide bonds. The lowest BCUT2D eigenvalue weighted by Crippen LogP contribution is -2.55. The molecule has 2 aromatic heterocycles. The van der Waals surface area contributed by atoms with Crippen LogP contribution in [0.4, 0.5) is 0 Å². The lowest BCUT2D eigenvalue weighted by molar-refractivity contribution is 0.673. The highest BCUT2D eigenvalue weighted by molar-refractivity contribution is 6.72. The predicted molar refractivity (Wildman–Crippen MR) is 322 cm³/mol. The molecule has 0 aliphatic rings. The molecule has 0 atom stereocenters. The fourth-order valence-corrected chi connectivity index (χ4v) is 10.4. The Kier molecular flexibility index (Phi) is 11.2. The molecule has 9 rings (SSSR count). The van der Waals surface area contributed by atoms with E-state index in [1.807, 2.05) is 24.3 Å². The van der Waals surface area contributed by atoms with Crippen molar-refractivity contribution < 1.29 is 4.42 Å². The molecule has 0 N–H and O–H groups in total. The Labute approximate surface area is 391 Å². The van der Waals surface area contributed by atoms with Crippen molar-refractivity contribution in [2.75, 3.05) is 0 Å². The standard InChI is InChI=1S/C45H44B15N3O/c46-26-19(20-23-32(52)37(57)39(59)40(60)42(23)64-41(20)24(31(26)51)22-29(49)35(55)38(58)36(56)30(22)50)21-27(47)33(53)25(34(54)28(21)48)45-62-43(17-9-5-2-6-10-17)61-44(63-45)18-13-11-16(12-14-18)15-7-3-1-4-8-15/h1-14H,46-60H2. The summed E-state index contributed by atoms with van der Waals surface area (Å²) in [5, 5.41) is 2.42. The van der Waals surface area contributed by atoms with Crippen LogP contribution in [0.1, 0.15) is 0 Å². The molecule has 2 heterocycles. The quantitative estimate of drug-likeness (QED) is 0.157. The van der Waals surface area contributed by atoms with Gasteiger partial charge in [-0.2, -0.15) is 0 Å². The molecular formula is C45H44B15N3O. The molecule has 0 saturated heterocycles. The summed E-state index contributed by atoms with van der Waals surface area (Å²) in [6.07, 6.45) is 0. The van der Waals surface area contributed by atoms with Crippen LogP contribution in [0.3, 0.4) is 0 Å². The SMILES string of the molecule is Bc1c(B)c(B)c(-c2c(B)c(B)c(-c3c(B)c(B)c(-c4nc(-c5ccccc5)nc(-c5ccc(-c6ccccc6)cc5)n4)c(B)c3B)c3c2oc2c(B)c(B)c(B)c(B)c23)c(B)c1B. The van der Waals surface area contributed by atoms with Gasteiger partial charge in [0.1, 0.15) is 129 Å². The predicted octanol–water partition coefficient (Wildman–Crippen LogP) is -14.4. The van der Waals surface area contributed by atoms with Crippen molar-refractivity contribution in [2.45, 2.75) is 0 Å². The van der Waals surface area contributed by atoms with E-state index >= 15 is 0 Å². The number of benzene rings is 7. The van der Waals surface area contributed by atoms with E-state index in [4.69, 9.17) is 19.4 Å². The number of hydrogen-bond acceptors (Lipinski definition) is 4. The molecule has 0 bridgehead atoms. The zero-order chi connectivity index (χ0) is 45.6. The fraction of sp³-hybridized carbons (Fsp3) is 0.